The summed E-state index contributed by atoms with van der Waals surface area (Å²) in [4.78, 5) is 0. The van der Waals surface area contributed by atoms with Crippen molar-refractivity contribution in [3.8, 4) is 5.75 Å². The van der Waals surface area contributed by atoms with Crippen LogP contribution in [-0.2, 0) is 0 Å². The molecule has 3 nitrogen and oxygen atoms in total. The van der Waals surface area contributed by atoms with E-state index >= 15 is 0 Å². The van der Waals surface area contributed by atoms with Gasteiger partial charge in [-0.25, -0.2) is 0 Å². The highest BCUT2D eigenvalue weighted by molar-refractivity contribution is 5.56. The van der Waals surface area contributed by atoms with Crippen LogP contribution >= 0.6 is 0 Å². The quantitative estimate of drug-likeness (QED) is 0.755. The summed E-state index contributed by atoms with van der Waals surface area (Å²) >= 11 is 0. The van der Waals surface area contributed by atoms with E-state index in [1.54, 1.807) is 0 Å². The van der Waals surface area contributed by atoms with Crippen LogP contribution in [0.1, 0.15) is 34.1 Å². The minimum atomic E-state index is 0.179. The van der Waals surface area contributed by atoms with Crippen molar-refractivity contribution in [2.24, 2.45) is 17.6 Å². The molecule has 3 N–H and O–H groups in total. The lowest BCUT2D eigenvalue weighted by Gasteiger charge is -2.18. The third-order valence-electron chi connectivity index (χ3n) is 2.79. The highest BCUT2D eigenvalue weighted by atomic mass is 16.5. The Morgan fingerprint density at radius 2 is 1.79 bits per heavy atom. The van der Waals surface area contributed by atoms with Crippen molar-refractivity contribution in [2.45, 2.75) is 40.2 Å². The van der Waals surface area contributed by atoms with Gasteiger partial charge in [0.1, 0.15) is 5.75 Å². The molecule has 0 amide bonds. The molecule has 0 fully saturated rings. The minimum Gasteiger partial charge on any atom is -0.491 e. The zero-order valence-electron chi connectivity index (χ0n) is 12.6. The Morgan fingerprint density at radius 1 is 1.11 bits per heavy atom. The molecule has 108 valence electrons. The molecule has 0 aromatic heterocycles. The van der Waals surface area contributed by atoms with E-state index in [1.165, 1.54) is 0 Å². The molecule has 19 heavy (non-hydrogen) atoms. The smallest absolute Gasteiger partial charge is 0.142 e. The van der Waals surface area contributed by atoms with Crippen LogP contribution in [0.5, 0.6) is 5.75 Å². The molecule has 0 aliphatic heterocycles. The van der Waals surface area contributed by atoms with Crippen LogP contribution in [0.4, 0.5) is 5.69 Å². The zero-order chi connectivity index (χ0) is 14.3. The van der Waals surface area contributed by atoms with E-state index < -0.39 is 0 Å². The van der Waals surface area contributed by atoms with Crippen LogP contribution in [0.2, 0.25) is 0 Å². The lowest BCUT2D eigenvalue weighted by Crippen LogP contribution is -2.30. The van der Waals surface area contributed by atoms with E-state index in [4.69, 9.17) is 10.5 Å². The van der Waals surface area contributed by atoms with Gasteiger partial charge in [-0.1, -0.05) is 39.8 Å². The molecular formula is C16H28N2O. The standard InChI is InChI=1S/C16H28N2O/c1-12(2)9-14(17)10-18-15-7-5-6-8-16(15)19-11-13(3)4/h5-8,12-14,18H,9-11,17H2,1-4H3. The predicted octanol–water partition coefficient (Wildman–Crippen LogP) is 3.51. The summed E-state index contributed by atoms with van der Waals surface area (Å²) in [6.07, 6.45) is 1.03. The van der Waals surface area contributed by atoms with Crippen LogP contribution in [0.25, 0.3) is 0 Å². The molecule has 0 bridgehead atoms. The largest absolute Gasteiger partial charge is 0.491 e. The van der Waals surface area contributed by atoms with Crippen molar-refractivity contribution < 1.29 is 4.74 Å². The van der Waals surface area contributed by atoms with E-state index in [2.05, 4.69) is 33.0 Å². The first kappa shape index (κ1) is 15.8. The maximum absolute atomic E-state index is 6.09. The summed E-state index contributed by atoms with van der Waals surface area (Å²) in [5, 5.41) is 3.39. The van der Waals surface area contributed by atoms with Gasteiger partial charge in [-0.15, -0.1) is 0 Å². The molecule has 0 saturated heterocycles. The second-order valence-corrected chi connectivity index (χ2v) is 5.97. The summed E-state index contributed by atoms with van der Waals surface area (Å²) in [7, 11) is 0. The maximum atomic E-state index is 6.09. The Labute approximate surface area is 117 Å². The molecule has 1 aromatic rings. The highest BCUT2D eigenvalue weighted by Crippen LogP contribution is 2.24. The van der Waals surface area contributed by atoms with Crippen LogP contribution in [0.3, 0.4) is 0 Å². The van der Waals surface area contributed by atoms with Crippen LogP contribution in [-0.4, -0.2) is 19.2 Å². The monoisotopic (exact) mass is 264 g/mol. The number of nitrogens with one attached hydrogen (secondary N) is 1. The fourth-order valence-corrected chi connectivity index (χ4v) is 1.92. The van der Waals surface area contributed by atoms with Gasteiger partial charge in [0.25, 0.3) is 0 Å². The Bertz CT molecular complexity index is 364. The molecule has 0 radical (unpaired) electrons. The first-order chi connectivity index (χ1) is 8.99. The topological polar surface area (TPSA) is 47.3 Å². The number of hydrogen-bond acceptors (Lipinski definition) is 3. The maximum Gasteiger partial charge on any atom is 0.142 e. The van der Waals surface area contributed by atoms with Gasteiger partial charge in [0.05, 0.1) is 12.3 Å². The Morgan fingerprint density at radius 3 is 2.42 bits per heavy atom. The van der Waals surface area contributed by atoms with Crippen molar-refractivity contribution in [3.63, 3.8) is 0 Å². The molecule has 1 unspecified atom stereocenters. The Kier molecular flexibility index (Phi) is 6.71. The summed E-state index contributed by atoms with van der Waals surface area (Å²) in [6.45, 7) is 10.2. The Hall–Kier alpha value is -1.22. The van der Waals surface area contributed by atoms with Gasteiger partial charge in [0.2, 0.25) is 0 Å². The van der Waals surface area contributed by atoms with Gasteiger partial charge < -0.3 is 15.8 Å². The fourth-order valence-electron chi connectivity index (χ4n) is 1.92. The van der Waals surface area contributed by atoms with Gasteiger partial charge >= 0.3 is 0 Å². The van der Waals surface area contributed by atoms with Gasteiger partial charge in [-0.3, -0.25) is 0 Å². The minimum absolute atomic E-state index is 0.179. The van der Waals surface area contributed by atoms with E-state index in [0.717, 1.165) is 31.0 Å². The second kappa shape index (κ2) is 8.05. The van der Waals surface area contributed by atoms with Crippen molar-refractivity contribution >= 4 is 5.69 Å². The van der Waals surface area contributed by atoms with Crippen molar-refractivity contribution in [3.05, 3.63) is 24.3 Å². The molecule has 1 rings (SSSR count). The van der Waals surface area contributed by atoms with Crippen LogP contribution in [0, 0.1) is 11.8 Å². The third kappa shape index (κ3) is 6.48. The summed E-state index contributed by atoms with van der Waals surface area (Å²) in [5.74, 6) is 2.06. The number of rotatable bonds is 8. The molecule has 0 aliphatic carbocycles. The first-order valence-electron chi connectivity index (χ1n) is 7.20. The number of para-hydroxylation sites is 2. The number of anilines is 1. The average Bonchev–Trinajstić information content (AvgIpc) is 2.34. The van der Waals surface area contributed by atoms with E-state index in [0.29, 0.717) is 11.8 Å². The molecule has 3 heteroatoms. The van der Waals surface area contributed by atoms with Gasteiger partial charge in [-0.2, -0.15) is 0 Å². The fraction of sp³-hybridized carbons (Fsp3) is 0.625. The van der Waals surface area contributed by atoms with Crippen molar-refractivity contribution in [1.29, 1.82) is 0 Å². The lowest BCUT2D eigenvalue weighted by atomic mass is 10.0. The van der Waals surface area contributed by atoms with E-state index in [-0.39, 0.29) is 6.04 Å². The second-order valence-electron chi connectivity index (χ2n) is 5.97. The first-order valence-corrected chi connectivity index (χ1v) is 7.20. The van der Waals surface area contributed by atoms with Gasteiger partial charge in [0.15, 0.2) is 0 Å². The average molecular weight is 264 g/mol. The number of nitrogens with two attached hydrogens (primary N) is 1. The molecule has 0 spiro atoms. The lowest BCUT2D eigenvalue weighted by molar-refractivity contribution is 0.272. The molecule has 1 aromatic carbocycles. The molecule has 0 heterocycles. The molecule has 0 aliphatic rings. The number of hydrogen-bond donors (Lipinski definition) is 2. The van der Waals surface area contributed by atoms with E-state index in [9.17, 15) is 0 Å². The number of ether oxygens (including phenoxy) is 1. The molecule has 1 atom stereocenters. The normalized spacial score (nSPS) is 12.8. The van der Waals surface area contributed by atoms with Gasteiger partial charge in [-0.05, 0) is 30.4 Å². The van der Waals surface area contributed by atoms with E-state index in [1.807, 2.05) is 24.3 Å². The Balaban J connectivity index is 2.52. The van der Waals surface area contributed by atoms with Crippen LogP contribution < -0.4 is 15.8 Å². The van der Waals surface area contributed by atoms with Crippen molar-refractivity contribution in [1.82, 2.24) is 0 Å². The highest BCUT2D eigenvalue weighted by Gasteiger charge is 2.08. The number of benzene rings is 1. The zero-order valence-corrected chi connectivity index (χ0v) is 12.6. The molecule has 0 saturated carbocycles. The van der Waals surface area contributed by atoms with Crippen molar-refractivity contribution in [2.75, 3.05) is 18.5 Å². The molecular weight excluding hydrogens is 236 g/mol. The summed E-state index contributed by atoms with van der Waals surface area (Å²) in [5.41, 5.74) is 7.12. The van der Waals surface area contributed by atoms with Gasteiger partial charge in [0, 0.05) is 12.6 Å². The SMILES string of the molecule is CC(C)COc1ccccc1NCC(N)CC(C)C. The third-order valence-corrected chi connectivity index (χ3v) is 2.79. The van der Waals surface area contributed by atoms with Crippen LogP contribution in [0.15, 0.2) is 24.3 Å². The summed E-state index contributed by atoms with van der Waals surface area (Å²) < 4.78 is 5.81. The summed E-state index contributed by atoms with van der Waals surface area (Å²) in [6, 6.07) is 8.22. The predicted molar refractivity (Wildman–Crippen MR) is 82.7 cm³/mol.